The van der Waals surface area contributed by atoms with Gasteiger partial charge in [0.1, 0.15) is 6.10 Å². The first-order valence-corrected chi connectivity index (χ1v) is 20.3. The third-order valence-electron chi connectivity index (χ3n) is 12.6. The van der Waals surface area contributed by atoms with Gasteiger partial charge in [-0.05, 0) is 104 Å². The smallest absolute Gasteiger partial charge is 0.338 e. The van der Waals surface area contributed by atoms with Gasteiger partial charge in [0.15, 0.2) is 16.5 Å². The monoisotopic (exact) mass is 734 g/mol. The first-order valence-electron chi connectivity index (χ1n) is 18.9. The molecular weight excluding hydrogens is 688 g/mol. The molecule has 0 heterocycles. The van der Waals surface area contributed by atoms with E-state index in [1.165, 1.54) is 50.5 Å². The molecule has 2 aromatic carbocycles. The maximum absolute atomic E-state index is 14.6. The van der Waals surface area contributed by atoms with Crippen molar-refractivity contribution >= 4 is 22.1 Å². The average Bonchev–Trinajstić information content (AvgIpc) is 3.74. The lowest BCUT2D eigenvalue weighted by Gasteiger charge is -2.33. The van der Waals surface area contributed by atoms with Crippen molar-refractivity contribution in [1.82, 2.24) is 0 Å². The fourth-order valence-electron chi connectivity index (χ4n) is 10.0. The third-order valence-corrected chi connectivity index (χ3v) is 13.5. The van der Waals surface area contributed by atoms with Crippen molar-refractivity contribution in [3.05, 3.63) is 57.7 Å². The largest absolute Gasteiger partial charge is 0.458 e. The van der Waals surface area contributed by atoms with E-state index in [4.69, 9.17) is 14.0 Å². The van der Waals surface area contributed by atoms with Crippen molar-refractivity contribution in [1.29, 1.82) is 0 Å². The number of carbonyl (C=O) groups is 2. The summed E-state index contributed by atoms with van der Waals surface area (Å²) in [6.45, 7) is 0. The minimum absolute atomic E-state index is 0.185. The molecule has 1 N–H and O–H groups in total. The summed E-state index contributed by atoms with van der Waals surface area (Å²) in [5, 5.41) is 0. The summed E-state index contributed by atoms with van der Waals surface area (Å²) < 4.78 is 101. The highest BCUT2D eigenvalue weighted by Crippen LogP contribution is 2.51. The maximum atomic E-state index is 14.6. The van der Waals surface area contributed by atoms with Crippen LogP contribution in [0.4, 0.5) is 17.6 Å². The lowest BCUT2D eigenvalue weighted by Crippen LogP contribution is -2.33. The number of benzene rings is 2. The van der Waals surface area contributed by atoms with E-state index in [-0.39, 0.29) is 24.2 Å². The predicted molar refractivity (Wildman–Crippen MR) is 179 cm³/mol. The molecule has 5 fully saturated rings. The van der Waals surface area contributed by atoms with Crippen LogP contribution in [0.5, 0.6) is 5.75 Å². The van der Waals surface area contributed by atoms with Crippen LogP contribution in [0.1, 0.15) is 160 Å². The summed E-state index contributed by atoms with van der Waals surface area (Å²) in [7, 11) is -5.65. The highest BCUT2D eigenvalue weighted by atomic mass is 32.2. The van der Waals surface area contributed by atoms with E-state index in [0.717, 1.165) is 68.1 Å². The van der Waals surface area contributed by atoms with Crippen LogP contribution in [0.2, 0.25) is 0 Å². The Kier molecular flexibility index (Phi) is 10.6. The summed E-state index contributed by atoms with van der Waals surface area (Å²) in [5.41, 5.74) is 4.37. The molecule has 12 heteroatoms. The molecule has 278 valence electrons. The maximum Gasteiger partial charge on any atom is 0.338 e. The molecule has 0 amide bonds. The van der Waals surface area contributed by atoms with Crippen molar-refractivity contribution in [2.24, 2.45) is 17.8 Å². The zero-order valence-corrected chi connectivity index (χ0v) is 29.6. The van der Waals surface area contributed by atoms with Crippen LogP contribution in [0.25, 0.3) is 0 Å². The van der Waals surface area contributed by atoms with Gasteiger partial charge in [0.25, 0.3) is 0 Å². The summed E-state index contributed by atoms with van der Waals surface area (Å²) >= 11 is 0. The van der Waals surface area contributed by atoms with Crippen LogP contribution in [-0.4, -0.2) is 31.0 Å². The molecule has 5 saturated carbocycles. The zero-order chi connectivity index (χ0) is 36.0. The molecule has 4 unspecified atom stereocenters. The van der Waals surface area contributed by atoms with E-state index in [1.54, 1.807) is 0 Å². The molecule has 4 atom stereocenters. The normalized spacial score (nSPS) is 26.4. The molecule has 2 aromatic rings. The highest BCUT2D eigenvalue weighted by molar-refractivity contribution is 7.85. The van der Waals surface area contributed by atoms with Crippen molar-refractivity contribution in [3.8, 4) is 5.75 Å². The first-order chi connectivity index (χ1) is 24.4. The van der Waals surface area contributed by atoms with Crippen molar-refractivity contribution < 1.29 is 49.6 Å². The van der Waals surface area contributed by atoms with Crippen LogP contribution < -0.4 is 4.74 Å². The number of esters is 2. The number of halogens is 4. The third kappa shape index (κ3) is 7.20. The predicted octanol–water partition coefficient (Wildman–Crippen LogP) is 9.81. The van der Waals surface area contributed by atoms with Crippen LogP contribution in [-0.2, 0) is 19.6 Å². The van der Waals surface area contributed by atoms with Crippen LogP contribution in [0.3, 0.4) is 0 Å². The fraction of sp³-hybridized carbons (Fsp3) is 0.641. The second kappa shape index (κ2) is 14.8. The number of ether oxygens (including phenoxy) is 2. The average molecular weight is 735 g/mol. The quantitative estimate of drug-likeness (QED) is 0.0946. The molecule has 0 spiro atoms. The molecule has 0 saturated heterocycles. The van der Waals surface area contributed by atoms with Gasteiger partial charge in [-0.2, -0.15) is 17.2 Å². The standard InChI is InChI=1S/C39H46F4O7S/c40-32-34(42)37(51(46,47)48)35(43)33(41)36(32)50-38(44)29-19-26-16-25(29)20-30(26)49-39(45)31-27(22-12-6-2-7-13-22)17-24(21-10-4-1-5-11-21)18-28(31)23-14-8-3-9-15-23/h17-18,21-23,25-26,29-30H,1-16,19-20H2,(H,46,47,48). The summed E-state index contributed by atoms with van der Waals surface area (Å²) in [6.07, 6.45) is 17.7. The van der Waals surface area contributed by atoms with Gasteiger partial charge in [0.2, 0.25) is 17.4 Å². The van der Waals surface area contributed by atoms with Gasteiger partial charge >= 0.3 is 22.1 Å². The van der Waals surface area contributed by atoms with E-state index in [0.29, 0.717) is 30.6 Å². The Labute approximate surface area is 296 Å². The number of hydrogen-bond donors (Lipinski definition) is 1. The van der Waals surface area contributed by atoms with Crippen LogP contribution in [0.15, 0.2) is 17.0 Å². The highest BCUT2D eigenvalue weighted by Gasteiger charge is 2.51. The van der Waals surface area contributed by atoms with Gasteiger partial charge in [-0.15, -0.1) is 0 Å². The van der Waals surface area contributed by atoms with E-state index in [9.17, 15) is 35.6 Å². The molecule has 2 bridgehead atoms. The molecule has 7 rings (SSSR count). The number of rotatable bonds is 8. The summed E-state index contributed by atoms with van der Waals surface area (Å²) in [4.78, 5) is 25.3. The molecule has 0 aromatic heterocycles. The Morgan fingerprint density at radius 3 is 1.59 bits per heavy atom. The summed E-state index contributed by atoms with van der Waals surface area (Å²) in [5.74, 6) is -12.8. The van der Waals surface area contributed by atoms with Crippen molar-refractivity contribution in [2.45, 2.75) is 144 Å². The second-order valence-electron chi connectivity index (χ2n) is 15.7. The Hall–Kier alpha value is -2.99. The topological polar surface area (TPSA) is 107 Å². The fourth-order valence-corrected chi connectivity index (χ4v) is 10.7. The van der Waals surface area contributed by atoms with Gasteiger partial charge in [0, 0.05) is 0 Å². The van der Waals surface area contributed by atoms with Crippen molar-refractivity contribution in [3.63, 3.8) is 0 Å². The Morgan fingerprint density at radius 2 is 1.14 bits per heavy atom. The molecule has 5 aliphatic rings. The van der Waals surface area contributed by atoms with Crippen LogP contribution >= 0.6 is 0 Å². The number of hydrogen-bond acceptors (Lipinski definition) is 6. The van der Waals surface area contributed by atoms with E-state index < -0.39 is 62.0 Å². The number of fused-ring (bicyclic) bond motifs is 2. The Morgan fingerprint density at radius 1 is 0.647 bits per heavy atom. The van der Waals surface area contributed by atoms with Gasteiger partial charge in [0.05, 0.1) is 11.5 Å². The van der Waals surface area contributed by atoms with Gasteiger partial charge < -0.3 is 9.47 Å². The van der Waals surface area contributed by atoms with E-state index in [2.05, 4.69) is 12.1 Å². The van der Waals surface area contributed by atoms with Gasteiger partial charge in [-0.3, -0.25) is 9.35 Å². The molecule has 0 aliphatic heterocycles. The van der Waals surface area contributed by atoms with E-state index in [1.807, 2.05) is 0 Å². The number of carbonyl (C=O) groups excluding carboxylic acids is 2. The summed E-state index contributed by atoms with van der Waals surface area (Å²) in [6, 6.07) is 4.66. The van der Waals surface area contributed by atoms with Crippen molar-refractivity contribution in [2.75, 3.05) is 0 Å². The molecular formula is C39H46F4O7S. The first kappa shape index (κ1) is 36.4. The minimum atomic E-state index is -5.65. The lowest BCUT2D eigenvalue weighted by atomic mass is 9.73. The zero-order valence-electron chi connectivity index (χ0n) is 28.7. The minimum Gasteiger partial charge on any atom is -0.458 e. The molecule has 7 nitrogen and oxygen atoms in total. The Bertz CT molecular complexity index is 1710. The van der Waals surface area contributed by atoms with E-state index >= 15 is 0 Å². The van der Waals surface area contributed by atoms with Crippen LogP contribution in [0, 0.1) is 41.0 Å². The second-order valence-corrected chi connectivity index (χ2v) is 17.0. The SMILES string of the molecule is O=C(OC1CC2CC1CC2C(=O)Oc1c(F)c(F)c(S(=O)(=O)O)c(F)c1F)c1c(C2CCCCC2)cc(C2CCCCC2)cc1C1CCCCC1. The van der Waals surface area contributed by atoms with Gasteiger partial charge in [-0.1, -0.05) is 69.9 Å². The molecule has 51 heavy (non-hydrogen) atoms. The lowest BCUT2D eigenvalue weighted by molar-refractivity contribution is -0.141. The molecule has 0 radical (unpaired) electrons. The Balaban J connectivity index is 1.12. The van der Waals surface area contributed by atoms with Gasteiger partial charge in [-0.25, -0.2) is 13.6 Å². The molecule has 5 aliphatic carbocycles.